The van der Waals surface area contributed by atoms with Gasteiger partial charge in [0.15, 0.2) is 5.11 Å². The first-order valence-corrected chi connectivity index (χ1v) is 13.8. The molecule has 38 heavy (non-hydrogen) atoms. The van der Waals surface area contributed by atoms with E-state index >= 15 is 0 Å². The Morgan fingerprint density at radius 2 is 1.53 bits per heavy atom. The molecular formula is C27H29N3O6S2. The van der Waals surface area contributed by atoms with E-state index in [-0.39, 0.29) is 29.5 Å². The fraction of sp³-hybridized carbons (Fsp3) is 0.222. The molecule has 0 unspecified atom stereocenters. The summed E-state index contributed by atoms with van der Waals surface area (Å²) in [4.78, 5) is 24.0. The molecule has 0 aliphatic carbocycles. The summed E-state index contributed by atoms with van der Waals surface area (Å²) in [6.45, 7) is 2.62. The van der Waals surface area contributed by atoms with Crippen LogP contribution in [0, 0.1) is 0 Å². The van der Waals surface area contributed by atoms with Crippen LogP contribution in [0.4, 0.5) is 11.4 Å². The highest BCUT2D eigenvalue weighted by Crippen LogP contribution is 2.21. The Morgan fingerprint density at radius 3 is 2.18 bits per heavy atom. The highest BCUT2D eigenvalue weighted by molar-refractivity contribution is 7.92. The largest absolute Gasteiger partial charge is 0.494 e. The van der Waals surface area contributed by atoms with Gasteiger partial charge in [-0.2, -0.15) is 0 Å². The third-order valence-electron chi connectivity index (χ3n) is 5.15. The summed E-state index contributed by atoms with van der Waals surface area (Å²) in [6, 6.07) is 22.1. The van der Waals surface area contributed by atoms with Crippen molar-refractivity contribution >= 4 is 50.6 Å². The number of hydrogen-bond donors (Lipinski definition) is 3. The van der Waals surface area contributed by atoms with Crippen LogP contribution in [0.25, 0.3) is 0 Å². The lowest BCUT2D eigenvalue weighted by Gasteiger charge is -2.12. The summed E-state index contributed by atoms with van der Waals surface area (Å²) < 4.78 is 38.4. The van der Waals surface area contributed by atoms with Crippen LogP contribution in [-0.2, 0) is 30.8 Å². The van der Waals surface area contributed by atoms with Gasteiger partial charge in [0.05, 0.1) is 24.5 Å². The van der Waals surface area contributed by atoms with Crippen molar-refractivity contribution < 1.29 is 27.5 Å². The van der Waals surface area contributed by atoms with Crippen LogP contribution in [0.15, 0.2) is 83.8 Å². The maximum absolute atomic E-state index is 12.7. The molecule has 11 heteroatoms. The molecule has 0 aliphatic rings. The molecule has 0 saturated heterocycles. The predicted molar refractivity (Wildman–Crippen MR) is 150 cm³/mol. The lowest BCUT2D eigenvalue weighted by atomic mass is 10.2. The average molecular weight is 556 g/mol. The molecular weight excluding hydrogens is 526 g/mol. The third kappa shape index (κ3) is 9.49. The second-order valence-corrected chi connectivity index (χ2v) is 10.1. The third-order valence-corrected chi connectivity index (χ3v) is 6.75. The van der Waals surface area contributed by atoms with E-state index in [1.807, 2.05) is 37.3 Å². The normalized spacial score (nSPS) is 10.8. The summed E-state index contributed by atoms with van der Waals surface area (Å²) in [7, 11) is -3.81. The second-order valence-electron chi connectivity index (χ2n) is 8.05. The Balaban J connectivity index is 1.40. The van der Waals surface area contributed by atoms with Crippen LogP contribution in [-0.4, -0.2) is 38.6 Å². The zero-order chi connectivity index (χ0) is 27.4. The van der Waals surface area contributed by atoms with Crippen molar-refractivity contribution in [2.75, 3.05) is 23.3 Å². The molecule has 0 heterocycles. The Bertz CT molecular complexity index is 1330. The summed E-state index contributed by atoms with van der Waals surface area (Å²) in [5.74, 6) is -0.264. The molecule has 0 bridgehead atoms. The molecule has 200 valence electrons. The number of benzene rings is 3. The monoisotopic (exact) mass is 555 g/mol. The fourth-order valence-electron chi connectivity index (χ4n) is 3.28. The van der Waals surface area contributed by atoms with Crippen molar-refractivity contribution in [2.45, 2.75) is 31.1 Å². The molecule has 0 radical (unpaired) electrons. The molecule has 3 aromatic carbocycles. The molecule has 3 N–H and O–H groups in total. The summed E-state index contributed by atoms with van der Waals surface area (Å²) >= 11 is 5.14. The van der Waals surface area contributed by atoms with Gasteiger partial charge in [0.1, 0.15) is 5.75 Å². The average Bonchev–Trinajstić information content (AvgIpc) is 2.89. The molecule has 0 aromatic heterocycles. The van der Waals surface area contributed by atoms with Crippen molar-refractivity contribution in [1.29, 1.82) is 0 Å². The standard InChI is InChI=1S/C27H29N3O6S2/c1-2-35-23-12-8-22(9-13-23)30-38(33,34)24-14-10-21(11-15-24)28-27(37)29-25(31)16-17-26(32)36-19-18-20-6-4-3-5-7-20/h3-15,30H,2,16-19H2,1H3,(H2,28,29,31,37). The summed E-state index contributed by atoms with van der Waals surface area (Å²) in [6.07, 6.45) is 0.446. The van der Waals surface area contributed by atoms with E-state index in [0.717, 1.165) is 5.56 Å². The highest BCUT2D eigenvalue weighted by Gasteiger charge is 2.15. The quantitative estimate of drug-likeness (QED) is 0.224. The highest BCUT2D eigenvalue weighted by atomic mass is 32.2. The molecule has 0 atom stereocenters. The zero-order valence-corrected chi connectivity index (χ0v) is 22.4. The van der Waals surface area contributed by atoms with Gasteiger partial charge < -0.3 is 20.1 Å². The minimum absolute atomic E-state index is 0.0237. The maximum atomic E-state index is 12.7. The molecule has 3 rings (SSSR count). The van der Waals surface area contributed by atoms with Crippen LogP contribution in [0.5, 0.6) is 5.75 Å². The first-order chi connectivity index (χ1) is 18.2. The van der Waals surface area contributed by atoms with Gasteiger partial charge >= 0.3 is 5.97 Å². The number of hydrogen-bond acceptors (Lipinski definition) is 7. The predicted octanol–water partition coefficient (Wildman–Crippen LogP) is 4.27. The van der Waals surface area contributed by atoms with E-state index in [9.17, 15) is 18.0 Å². The number of carbonyl (C=O) groups is 2. The van der Waals surface area contributed by atoms with E-state index < -0.39 is 21.9 Å². The van der Waals surface area contributed by atoms with Crippen molar-refractivity contribution in [1.82, 2.24) is 5.32 Å². The minimum Gasteiger partial charge on any atom is -0.494 e. The first-order valence-electron chi connectivity index (χ1n) is 11.9. The van der Waals surface area contributed by atoms with Gasteiger partial charge in [0.25, 0.3) is 10.0 Å². The lowest BCUT2D eigenvalue weighted by molar-refractivity contribution is -0.144. The number of amides is 1. The van der Waals surface area contributed by atoms with E-state index in [2.05, 4.69) is 15.4 Å². The number of ether oxygens (including phenoxy) is 2. The van der Waals surface area contributed by atoms with E-state index in [0.29, 0.717) is 30.2 Å². The van der Waals surface area contributed by atoms with Gasteiger partial charge in [-0.1, -0.05) is 30.3 Å². The minimum atomic E-state index is -3.81. The van der Waals surface area contributed by atoms with E-state index in [4.69, 9.17) is 21.7 Å². The molecule has 0 saturated carbocycles. The Kier molecular flexibility index (Phi) is 10.6. The van der Waals surface area contributed by atoms with Crippen LogP contribution in [0.2, 0.25) is 0 Å². The van der Waals surface area contributed by atoms with Crippen molar-refractivity contribution in [3.8, 4) is 5.75 Å². The van der Waals surface area contributed by atoms with Gasteiger partial charge in [-0.15, -0.1) is 0 Å². The second kappa shape index (κ2) is 14.1. The Labute approximate surface area is 227 Å². The number of thiocarbonyl (C=S) groups is 1. The molecule has 0 aliphatic heterocycles. The van der Waals surface area contributed by atoms with Gasteiger partial charge in [0.2, 0.25) is 5.91 Å². The van der Waals surface area contributed by atoms with Crippen LogP contribution in [0.1, 0.15) is 25.3 Å². The molecule has 1 amide bonds. The number of esters is 1. The molecule has 3 aromatic rings. The maximum Gasteiger partial charge on any atom is 0.306 e. The first kappa shape index (κ1) is 28.6. The molecule has 0 fully saturated rings. The van der Waals surface area contributed by atoms with Gasteiger partial charge in [-0.25, -0.2) is 8.42 Å². The topological polar surface area (TPSA) is 123 Å². The van der Waals surface area contributed by atoms with Crippen LogP contribution < -0.4 is 20.1 Å². The number of anilines is 2. The molecule has 0 spiro atoms. The Morgan fingerprint density at radius 1 is 0.868 bits per heavy atom. The number of nitrogens with one attached hydrogen (secondary N) is 3. The SMILES string of the molecule is CCOc1ccc(NS(=O)(=O)c2ccc(NC(=S)NC(=O)CCC(=O)OCCc3ccccc3)cc2)cc1. The van der Waals surface area contributed by atoms with Crippen molar-refractivity contribution in [3.63, 3.8) is 0 Å². The van der Waals surface area contributed by atoms with E-state index in [1.165, 1.54) is 24.3 Å². The van der Waals surface area contributed by atoms with Crippen LogP contribution in [0.3, 0.4) is 0 Å². The Hall–Kier alpha value is -3.96. The smallest absolute Gasteiger partial charge is 0.306 e. The van der Waals surface area contributed by atoms with Gasteiger partial charge in [-0.3, -0.25) is 14.3 Å². The van der Waals surface area contributed by atoms with Crippen molar-refractivity contribution in [3.05, 3.63) is 84.4 Å². The van der Waals surface area contributed by atoms with Gasteiger partial charge in [-0.05, 0) is 73.2 Å². The number of carbonyl (C=O) groups excluding carboxylic acids is 2. The number of rotatable bonds is 12. The molecule has 9 nitrogen and oxygen atoms in total. The van der Waals surface area contributed by atoms with E-state index in [1.54, 1.807) is 24.3 Å². The lowest BCUT2D eigenvalue weighted by Crippen LogP contribution is -2.34. The van der Waals surface area contributed by atoms with Gasteiger partial charge in [0, 0.05) is 24.2 Å². The zero-order valence-electron chi connectivity index (χ0n) is 20.8. The number of sulfonamides is 1. The summed E-state index contributed by atoms with van der Waals surface area (Å²) in [5.41, 5.74) is 1.94. The van der Waals surface area contributed by atoms with Crippen LogP contribution >= 0.6 is 12.2 Å². The van der Waals surface area contributed by atoms with Crippen molar-refractivity contribution in [2.24, 2.45) is 0 Å². The summed E-state index contributed by atoms with van der Waals surface area (Å²) in [5, 5.41) is 5.33. The fourth-order valence-corrected chi connectivity index (χ4v) is 4.57.